The van der Waals surface area contributed by atoms with Crippen molar-refractivity contribution in [2.45, 2.75) is 90.8 Å². The van der Waals surface area contributed by atoms with E-state index in [0.29, 0.717) is 18.7 Å². The van der Waals surface area contributed by atoms with E-state index >= 15 is 0 Å². The van der Waals surface area contributed by atoms with Crippen LogP contribution in [0.15, 0.2) is 4.99 Å². The molecule has 1 saturated carbocycles. The van der Waals surface area contributed by atoms with E-state index in [1.165, 1.54) is 75.7 Å². The van der Waals surface area contributed by atoms with Crippen LogP contribution in [0.5, 0.6) is 0 Å². The van der Waals surface area contributed by atoms with Gasteiger partial charge in [-0.25, -0.2) is 4.99 Å². The van der Waals surface area contributed by atoms with Crippen molar-refractivity contribution >= 4 is 5.96 Å². The van der Waals surface area contributed by atoms with Crippen LogP contribution >= 0.6 is 0 Å². The van der Waals surface area contributed by atoms with Gasteiger partial charge >= 0.3 is 0 Å². The summed E-state index contributed by atoms with van der Waals surface area (Å²) in [5.41, 5.74) is 3.76. The highest BCUT2D eigenvalue weighted by atomic mass is 16.5. The lowest BCUT2D eigenvalue weighted by molar-refractivity contribution is 0.0368. The minimum atomic E-state index is 0.297. The number of aryl methyl sites for hydroxylation is 1. The number of guanidine groups is 1. The van der Waals surface area contributed by atoms with Gasteiger partial charge in [-0.3, -0.25) is 9.58 Å². The fraction of sp³-hybridized carbons (Fsp3) is 0.833. The number of nitrogens with zero attached hydrogens (tertiary/aromatic N) is 4. The molecule has 1 aromatic heterocycles. The van der Waals surface area contributed by atoms with Crippen molar-refractivity contribution in [2.24, 2.45) is 4.99 Å². The SMILES string of the molecule is CCNC(=NCc1c(C)nn(CCOC)c1C)NCC1(N2CCCCC2)CCCCC1. The molecule has 2 fully saturated rings. The van der Waals surface area contributed by atoms with Crippen LogP contribution in [0, 0.1) is 13.8 Å². The quantitative estimate of drug-likeness (QED) is 0.462. The van der Waals surface area contributed by atoms with Crippen molar-refractivity contribution in [3.63, 3.8) is 0 Å². The minimum absolute atomic E-state index is 0.297. The van der Waals surface area contributed by atoms with E-state index in [0.717, 1.165) is 31.3 Å². The zero-order valence-corrected chi connectivity index (χ0v) is 20.3. The fourth-order valence-corrected chi connectivity index (χ4v) is 5.29. The summed E-state index contributed by atoms with van der Waals surface area (Å²) in [4.78, 5) is 7.74. The van der Waals surface area contributed by atoms with E-state index in [1.54, 1.807) is 7.11 Å². The van der Waals surface area contributed by atoms with Crippen LogP contribution in [0.25, 0.3) is 0 Å². The van der Waals surface area contributed by atoms with Gasteiger partial charge in [0.1, 0.15) is 0 Å². The van der Waals surface area contributed by atoms with Gasteiger partial charge in [-0.15, -0.1) is 0 Å². The number of hydrogen-bond acceptors (Lipinski definition) is 4. The van der Waals surface area contributed by atoms with Crippen molar-refractivity contribution in [2.75, 3.05) is 39.9 Å². The molecule has 0 radical (unpaired) electrons. The van der Waals surface area contributed by atoms with Gasteiger partial charge in [0.2, 0.25) is 0 Å². The number of methoxy groups -OCH3 is 1. The minimum Gasteiger partial charge on any atom is -0.383 e. The summed E-state index contributed by atoms with van der Waals surface area (Å²) in [7, 11) is 1.73. The van der Waals surface area contributed by atoms with E-state index in [4.69, 9.17) is 9.73 Å². The summed E-state index contributed by atoms with van der Waals surface area (Å²) in [5.74, 6) is 0.924. The highest BCUT2D eigenvalue weighted by molar-refractivity contribution is 5.79. The third-order valence-corrected chi connectivity index (χ3v) is 7.17. The van der Waals surface area contributed by atoms with Gasteiger partial charge in [0, 0.05) is 37.0 Å². The zero-order valence-electron chi connectivity index (χ0n) is 20.3. The Morgan fingerprint density at radius 3 is 2.45 bits per heavy atom. The number of nitrogens with one attached hydrogen (secondary N) is 2. The van der Waals surface area contributed by atoms with Crippen molar-refractivity contribution in [1.29, 1.82) is 0 Å². The number of likely N-dealkylation sites (tertiary alicyclic amines) is 1. The molecule has 2 heterocycles. The Bertz CT molecular complexity index is 701. The monoisotopic (exact) mass is 432 g/mol. The number of hydrogen-bond donors (Lipinski definition) is 2. The third-order valence-electron chi connectivity index (χ3n) is 7.17. The lowest BCUT2D eigenvalue weighted by Crippen LogP contribution is -2.59. The fourth-order valence-electron chi connectivity index (χ4n) is 5.29. The molecule has 31 heavy (non-hydrogen) atoms. The molecule has 0 unspecified atom stereocenters. The molecule has 7 heteroatoms. The Labute approximate surface area is 189 Å². The second-order valence-electron chi connectivity index (χ2n) is 9.25. The molecule has 0 amide bonds. The van der Waals surface area contributed by atoms with E-state index in [2.05, 4.69) is 41.4 Å². The second-order valence-corrected chi connectivity index (χ2v) is 9.25. The first-order valence-corrected chi connectivity index (χ1v) is 12.4. The molecule has 0 aromatic carbocycles. The van der Waals surface area contributed by atoms with Gasteiger partial charge in [-0.1, -0.05) is 25.7 Å². The van der Waals surface area contributed by atoms with Crippen molar-refractivity contribution < 1.29 is 4.74 Å². The predicted octanol–water partition coefficient (Wildman–Crippen LogP) is 3.39. The first kappa shape index (κ1) is 24.1. The molecule has 7 nitrogen and oxygen atoms in total. The summed E-state index contributed by atoms with van der Waals surface area (Å²) >= 11 is 0. The van der Waals surface area contributed by atoms with Gasteiger partial charge in [-0.2, -0.15) is 5.10 Å². The van der Waals surface area contributed by atoms with Crippen molar-refractivity contribution in [3.8, 4) is 0 Å². The standard InChI is InChI=1S/C24H44N6O/c1-5-25-23(26-18-22-20(2)28-30(21(22)3)16-17-31-4)27-19-24(12-8-6-9-13-24)29-14-10-7-11-15-29/h5-19H2,1-4H3,(H2,25,26,27). The Morgan fingerprint density at radius 2 is 1.77 bits per heavy atom. The first-order chi connectivity index (χ1) is 15.1. The second kappa shape index (κ2) is 11.9. The lowest BCUT2D eigenvalue weighted by atomic mass is 9.79. The summed E-state index contributed by atoms with van der Waals surface area (Å²) in [6.45, 7) is 12.8. The highest BCUT2D eigenvalue weighted by Gasteiger charge is 2.38. The van der Waals surface area contributed by atoms with Gasteiger partial charge in [0.05, 0.1) is 25.4 Å². The first-order valence-electron chi connectivity index (χ1n) is 12.4. The molecule has 2 N–H and O–H groups in total. The summed E-state index contributed by atoms with van der Waals surface area (Å²) < 4.78 is 7.26. The normalized spacial score (nSPS) is 20.1. The lowest BCUT2D eigenvalue weighted by Gasteiger charge is -2.48. The number of aliphatic imine (C=N–C) groups is 1. The molecule has 2 aliphatic rings. The average Bonchev–Trinajstić information content (AvgIpc) is 3.08. The van der Waals surface area contributed by atoms with Crippen molar-refractivity contribution in [1.82, 2.24) is 25.3 Å². The number of rotatable bonds is 9. The van der Waals surface area contributed by atoms with E-state index in [1.807, 2.05) is 4.68 Å². The van der Waals surface area contributed by atoms with Crippen LogP contribution in [-0.4, -0.2) is 66.1 Å². The molecule has 1 aliphatic carbocycles. The number of piperidine rings is 1. The zero-order chi connectivity index (χ0) is 22.1. The Hall–Kier alpha value is -1.60. The van der Waals surface area contributed by atoms with E-state index in [9.17, 15) is 0 Å². The van der Waals surface area contributed by atoms with Gasteiger partial charge in [-0.05, 0) is 59.5 Å². The number of ether oxygens (including phenoxy) is 1. The molecule has 0 spiro atoms. The molecule has 1 aromatic rings. The van der Waals surface area contributed by atoms with Crippen molar-refractivity contribution in [3.05, 3.63) is 17.0 Å². The van der Waals surface area contributed by atoms with Crippen LogP contribution in [0.1, 0.15) is 75.2 Å². The smallest absolute Gasteiger partial charge is 0.191 e. The Morgan fingerprint density at radius 1 is 1.06 bits per heavy atom. The van der Waals surface area contributed by atoms with E-state index < -0.39 is 0 Å². The van der Waals surface area contributed by atoms with Crippen LogP contribution in [0.4, 0.5) is 0 Å². The molecule has 3 rings (SSSR count). The molecule has 176 valence electrons. The van der Waals surface area contributed by atoms with Crippen LogP contribution in [0.2, 0.25) is 0 Å². The molecule has 1 aliphatic heterocycles. The molecule has 0 atom stereocenters. The largest absolute Gasteiger partial charge is 0.383 e. The summed E-state index contributed by atoms with van der Waals surface area (Å²) in [6, 6.07) is 0. The Balaban J connectivity index is 1.68. The van der Waals surface area contributed by atoms with Crippen LogP contribution < -0.4 is 10.6 Å². The maximum atomic E-state index is 5.22. The highest BCUT2D eigenvalue weighted by Crippen LogP contribution is 2.35. The maximum absolute atomic E-state index is 5.22. The summed E-state index contributed by atoms with van der Waals surface area (Å²) in [6.07, 6.45) is 10.8. The average molecular weight is 433 g/mol. The predicted molar refractivity (Wildman–Crippen MR) is 128 cm³/mol. The van der Waals surface area contributed by atoms with Crippen LogP contribution in [-0.2, 0) is 17.8 Å². The van der Waals surface area contributed by atoms with E-state index in [-0.39, 0.29) is 0 Å². The van der Waals surface area contributed by atoms with Crippen LogP contribution in [0.3, 0.4) is 0 Å². The molecule has 1 saturated heterocycles. The molecular weight excluding hydrogens is 388 g/mol. The maximum Gasteiger partial charge on any atom is 0.191 e. The number of aromatic nitrogens is 2. The summed E-state index contributed by atoms with van der Waals surface area (Å²) in [5, 5.41) is 11.9. The Kier molecular flexibility index (Phi) is 9.20. The topological polar surface area (TPSA) is 66.7 Å². The van der Waals surface area contributed by atoms with Gasteiger partial charge in [0.25, 0.3) is 0 Å². The third kappa shape index (κ3) is 6.22. The van der Waals surface area contributed by atoms with Gasteiger partial charge < -0.3 is 15.4 Å². The molecular formula is C24H44N6O. The molecule has 0 bridgehead atoms. The van der Waals surface area contributed by atoms with Gasteiger partial charge in [0.15, 0.2) is 5.96 Å².